The Balaban J connectivity index is 2.23. The molecule has 0 bridgehead atoms. The Morgan fingerprint density at radius 3 is 2.88 bits per heavy atom. The van der Waals surface area contributed by atoms with Gasteiger partial charge in [0.1, 0.15) is 5.15 Å². The Bertz CT molecular complexity index is 604. The van der Waals surface area contributed by atoms with Gasteiger partial charge in [-0.3, -0.25) is 4.79 Å². The molecule has 1 aliphatic rings. The molecule has 1 aliphatic carbocycles. The first kappa shape index (κ1) is 9.78. The lowest BCUT2D eigenvalue weighted by molar-refractivity contribution is 0.280. The molecule has 2 heterocycles. The van der Waals surface area contributed by atoms with Gasteiger partial charge in [-0.2, -0.15) is 5.10 Å². The molecule has 0 unspecified atom stereocenters. The van der Waals surface area contributed by atoms with Crippen LogP contribution in [0.4, 0.5) is 0 Å². The van der Waals surface area contributed by atoms with Crippen LogP contribution >= 0.6 is 11.6 Å². The molecule has 0 atom stereocenters. The molecule has 4 nitrogen and oxygen atoms in total. The van der Waals surface area contributed by atoms with Crippen LogP contribution in [0.1, 0.15) is 25.3 Å². The van der Waals surface area contributed by atoms with Gasteiger partial charge < -0.3 is 0 Å². The Hall–Kier alpha value is -1.42. The molecule has 1 saturated carbocycles. The maximum absolute atomic E-state index is 12.1. The van der Waals surface area contributed by atoms with Crippen molar-refractivity contribution in [3.05, 3.63) is 34.0 Å². The molecule has 0 aliphatic heterocycles. The van der Waals surface area contributed by atoms with Crippen molar-refractivity contribution in [3.63, 3.8) is 0 Å². The molecule has 0 spiro atoms. The molecular formula is C11H10ClN3O. The second-order valence-corrected chi connectivity index (χ2v) is 4.46. The largest absolute Gasteiger partial charge is 0.276 e. The zero-order chi connectivity index (χ0) is 11.1. The molecule has 3 rings (SSSR count). The lowest BCUT2D eigenvalue weighted by Gasteiger charge is -2.26. The predicted molar refractivity (Wildman–Crippen MR) is 61.7 cm³/mol. The zero-order valence-electron chi connectivity index (χ0n) is 8.56. The van der Waals surface area contributed by atoms with Crippen molar-refractivity contribution in [2.75, 3.05) is 0 Å². The van der Waals surface area contributed by atoms with E-state index in [1.165, 1.54) is 12.6 Å². The van der Waals surface area contributed by atoms with E-state index >= 15 is 0 Å². The summed E-state index contributed by atoms with van der Waals surface area (Å²) < 4.78 is 1.57. The fourth-order valence-electron chi connectivity index (χ4n) is 1.92. The van der Waals surface area contributed by atoms with Crippen molar-refractivity contribution in [2.45, 2.75) is 25.3 Å². The van der Waals surface area contributed by atoms with E-state index in [2.05, 4.69) is 10.1 Å². The van der Waals surface area contributed by atoms with E-state index in [-0.39, 0.29) is 11.6 Å². The van der Waals surface area contributed by atoms with Crippen LogP contribution in [0.15, 0.2) is 23.3 Å². The maximum Gasteiger partial charge on any atom is 0.276 e. The highest BCUT2D eigenvalue weighted by atomic mass is 35.5. The Labute approximate surface area is 96.9 Å². The Morgan fingerprint density at radius 2 is 2.19 bits per heavy atom. The third-order valence-corrected chi connectivity index (χ3v) is 3.29. The Kier molecular flexibility index (Phi) is 2.17. The molecule has 5 heteroatoms. The van der Waals surface area contributed by atoms with E-state index in [1.807, 2.05) is 0 Å². The molecule has 0 aromatic carbocycles. The second kappa shape index (κ2) is 3.56. The van der Waals surface area contributed by atoms with Gasteiger partial charge in [0.05, 0.1) is 17.6 Å². The van der Waals surface area contributed by atoms with Crippen LogP contribution < -0.4 is 5.56 Å². The van der Waals surface area contributed by atoms with Crippen molar-refractivity contribution >= 4 is 22.4 Å². The van der Waals surface area contributed by atoms with E-state index < -0.39 is 0 Å². The highest BCUT2D eigenvalue weighted by Gasteiger charge is 2.22. The van der Waals surface area contributed by atoms with Crippen molar-refractivity contribution in [1.29, 1.82) is 0 Å². The summed E-state index contributed by atoms with van der Waals surface area (Å²) in [6.07, 6.45) is 6.47. The lowest BCUT2D eigenvalue weighted by Crippen LogP contribution is -2.30. The molecule has 2 aromatic rings. The van der Waals surface area contributed by atoms with Crippen LogP contribution in [0.5, 0.6) is 0 Å². The van der Waals surface area contributed by atoms with Crippen LogP contribution in [0, 0.1) is 0 Å². The van der Waals surface area contributed by atoms with E-state index in [0.29, 0.717) is 10.5 Å². The number of fused-ring (bicyclic) bond motifs is 1. The summed E-state index contributed by atoms with van der Waals surface area (Å²) >= 11 is 5.76. The summed E-state index contributed by atoms with van der Waals surface area (Å²) in [6, 6.07) is 1.93. The monoisotopic (exact) mass is 235 g/mol. The van der Waals surface area contributed by atoms with E-state index in [1.54, 1.807) is 16.9 Å². The topological polar surface area (TPSA) is 47.8 Å². The van der Waals surface area contributed by atoms with Gasteiger partial charge in [-0.25, -0.2) is 9.67 Å². The average molecular weight is 236 g/mol. The van der Waals surface area contributed by atoms with Gasteiger partial charge in [-0.1, -0.05) is 11.6 Å². The average Bonchev–Trinajstić information content (AvgIpc) is 2.19. The van der Waals surface area contributed by atoms with Crippen molar-refractivity contribution < 1.29 is 0 Å². The molecule has 0 amide bonds. The van der Waals surface area contributed by atoms with Gasteiger partial charge in [0.15, 0.2) is 0 Å². The third-order valence-electron chi connectivity index (χ3n) is 3.08. The normalized spacial score (nSPS) is 16.3. The lowest BCUT2D eigenvalue weighted by atomic mass is 9.93. The minimum Gasteiger partial charge on any atom is -0.267 e. The van der Waals surface area contributed by atoms with E-state index in [4.69, 9.17) is 11.6 Å². The number of pyridine rings is 1. The standard InChI is InChI=1S/C11H10ClN3O/c12-10-4-7-5-14-15(8-2-1-3-8)11(16)9(7)6-13-10/h4-6,8H,1-3H2. The quantitative estimate of drug-likeness (QED) is 0.712. The first-order valence-corrected chi connectivity index (χ1v) is 5.66. The number of rotatable bonds is 1. The fourth-order valence-corrected chi connectivity index (χ4v) is 2.09. The number of nitrogens with zero attached hydrogens (tertiary/aromatic N) is 3. The van der Waals surface area contributed by atoms with Crippen molar-refractivity contribution in [3.8, 4) is 0 Å². The van der Waals surface area contributed by atoms with Crippen LogP contribution in [0.3, 0.4) is 0 Å². The highest BCUT2D eigenvalue weighted by Crippen LogP contribution is 2.29. The zero-order valence-corrected chi connectivity index (χ0v) is 9.31. The fraction of sp³-hybridized carbons (Fsp3) is 0.364. The van der Waals surface area contributed by atoms with Gasteiger partial charge in [0.25, 0.3) is 5.56 Å². The molecule has 0 radical (unpaired) electrons. The first-order chi connectivity index (χ1) is 7.75. The summed E-state index contributed by atoms with van der Waals surface area (Å²) in [6.45, 7) is 0. The molecule has 16 heavy (non-hydrogen) atoms. The van der Waals surface area contributed by atoms with Gasteiger partial charge in [-0.15, -0.1) is 0 Å². The summed E-state index contributed by atoms with van der Waals surface area (Å²) in [7, 11) is 0. The molecular weight excluding hydrogens is 226 g/mol. The van der Waals surface area contributed by atoms with Crippen LogP contribution in [0.25, 0.3) is 10.8 Å². The summed E-state index contributed by atoms with van der Waals surface area (Å²) in [4.78, 5) is 16.0. The number of hydrogen-bond donors (Lipinski definition) is 0. The SMILES string of the molecule is O=c1c2cnc(Cl)cc2cnn1C1CCC1. The highest BCUT2D eigenvalue weighted by molar-refractivity contribution is 6.30. The number of aromatic nitrogens is 3. The predicted octanol–water partition coefficient (Wildman–Crippen LogP) is 2.17. The first-order valence-electron chi connectivity index (χ1n) is 5.29. The van der Waals surface area contributed by atoms with Crippen LogP contribution in [0.2, 0.25) is 5.15 Å². The summed E-state index contributed by atoms with van der Waals surface area (Å²) in [5.74, 6) is 0. The van der Waals surface area contributed by atoms with Crippen molar-refractivity contribution in [1.82, 2.24) is 14.8 Å². The van der Waals surface area contributed by atoms with Gasteiger partial charge in [-0.05, 0) is 25.3 Å². The van der Waals surface area contributed by atoms with Gasteiger partial charge in [0, 0.05) is 11.6 Å². The summed E-state index contributed by atoms with van der Waals surface area (Å²) in [5, 5.41) is 5.91. The third kappa shape index (κ3) is 1.41. The maximum atomic E-state index is 12.1. The van der Waals surface area contributed by atoms with Crippen LogP contribution in [-0.4, -0.2) is 14.8 Å². The minimum atomic E-state index is -0.0635. The van der Waals surface area contributed by atoms with Gasteiger partial charge >= 0.3 is 0 Å². The Morgan fingerprint density at radius 1 is 1.38 bits per heavy atom. The molecule has 82 valence electrons. The van der Waals surface area contributed by atoms with E-state index in [9.17, 15) is 4.79 Å². The molecule has 2 aromatic heterocycles. The second-order valence-electron chi connectivity index (χ2n) is 4.07. The molecule has 0 N–H and O–H groups in total. The van der Waals surface area contributed by atoms with Crippen molar-refractivity contribution in [2.24, 2.45) is 0 Å². The number of hydrogen-bond acceptors (Lipinski definition) is 3. The smallest absolute Gasteiger partial charge is 0.267 e. The van der Waals surface area contributed by atoms with Gasteiger partial charge in [0.2, 0.25) is 0 Å². The molecule has 0 saturated heterocycles. The minimum absolute atomic E-state index is 0.0635. The number of halogens is 1. The summed E-state index contributed by atoms with van der Waals surface area (Å²) in [5.41, 5.74) is -0.0635. The van der Waals surface area contributed by atoms with Crippen LogP contribution in [-0.2, 0) is 0 Å². The molecule has 1 fully saturated rings. The van der Waals surface area contributed by atoms with E-state index in [0.717, 1.165) is 18.2 Å².